The molecule has 0 saturated carbocycles. The third-order valence-electron chi connectivity index (χ3n) is 0.946. The van der Waals surface area contributed by atoms with Crippen LogP contribution < -0.4 is 0 Å². The Balaban J connectivity index is 4.38. The summed E-state index contributed by atoms with van der Waals surface area (Å²) in [7, 11) is 0. The first kappa shape index (κ1) is 9.46. The fraction of sp³-hybridized carbons (Fsp3) is 0.333. The Labute approximate surface area is 67.3 Å². The summed E-state index contributed by atoms with van der Waals surface area (Å²) in [5, 5.41) is 8.40. The van der Waals surface area contributed by atoms with Crippen LogP contribution in [0.4, 0.5) is 0 Å². The fourth-order valence-corrected chi connectivity index (χ4v) is 0.522. The van der Waals surface area contributed by atoms with Gasteiger partial charge in [-0.05, 0) is 26.8 Å². The van der Waals surface area contributed by atoms with Crippen molar-refractivity contribution >= 4 is 5.71 Å². The number of allylic oxidation sites excluding steroid dienone is 2. The van der Waals surface area contributed by atoms with E-state index in [9.17, 15) is 0 Å². The van der Waals surface area contributed by atoms with Gasteiger partial charge in [0, 0.05) is 17.3 Å². The molecule has 0 bridgehead atoms. The van der Waals surface area contributed by atoms with Gasteiger partial charge in [-0.3, -0.25) is 0 Å². The SMILES string of the molecule is CC#CN=C(C)/C=C(/C)C#N. The molecule has 0 fully saturated rings. The molecule has 0 aliphatic rings. The second-order valence-electron chi connectivity index (χ2n) is 2.05. The van der Waals surface area contributed by atoms with Crippen LogP contribution in [0.1, 0.15) is 20.8 Å². The van der Waals surface area contributed by atoms with Crippen molar-refractivity contribution in [3.8, 4) is 18.0 Å². The minimum Gasteiger partial charge on any atom is -0.203 e. The van der Waals surface area contributed by atoms with Gasteiger partial charge < -0.3 is 0 Å². The number of aliphatic imine (C=N–C) groups is 1. The molecule has 0 radical (unpaired) electrons. The van der Waals surface area contributed by atoms with Gasteiger partial charge in [-0.2, -0.15) is 5.26 Å². The van der Waals surface area contributed by atoms with Gasteiger partial charge >= 0.3 is 0 Å². The molecule has 11 heavy (non-hydrogen) atoms. The zero-order valence-electron chi connectivity index (χ0n) is 6.97. The summed E-state index contributed by atoms with van der Waals surface area (Å²) < 4.78 is 0. The lowest BCUT2D eigenvalue weighted by Gasteiger charge is -1.85. The van der Waals surface area contributed by atoms with E-state index in [0.29, 0.717) is 5.57 Å². The van der Waals surface area contributed by atoms with Crippen LogP contribution in [0.15, 0.2) is 16.6 Å². The van der Waals surface area contributed by atoms with E-state index in [2.05, 4.69) is 17.0 Å². The van der Waals surface area contributed by atoms with Gasteiger partial charge in [0.25, 0.3) is 0 Å². The van der Waals surface area contributed by atoms with Gasteiger partial charge in [0.2, 0.25) is 0 Å². The Bertz CT molecular complexity index is 279. The zero-order chi connectivity index (χ0) is 8.69. The van der Waals surface area contributed by atoms with Crippen LogP contribution in [-0.2, 0) is 0 Å². The number of hydrogen-bond acceptors (Lipinski definition) is 2. The lowest BCUT2D eigenvalue weighted by Crippen LogP contribution is -1.84. The standard InChI is InChI=1S/C9H10N2/c1-4-5-11-9(3)6-8(2)7-10/h6H,1-3H3/b8-6-,11-9?. The van der Waals surface area contributed by atoms with Crippen molar-refractivity contribution in [2.45, 2.75) is 20.8 Å². The highest BCUT2D eigenvalue weighted by Gasteiger charge is 1.85. The average molecular weight is 146 g/mol. The normalized spacial score (nSPS) is 11.5. The van der Waals surface area contributed by atoms with E-state index in [0.717, 1.165) is 5.71 Å². The summed E-state index contributed by atoms with van der Waals surface area (Å²) in [5.74, 6) is 2.64. The maximum absolute atomic E-state index is 8.40. The second kappa shape index (κ2) is 5.26. The van der Waals surface area contributed by atoms with Gasteiger partial charge in [-0.25, -0.2) is 4.99 Å². The lowest BCUT2D eigenvalue weighted by molar-refractivity contribution is 1.44. The summed E-state index contributed by atoms with van der Waals surface area (Å²) in [4.78, 5) is 3.86. The highest BCUT2D eigenvalue weighted by Crippen LogP contribution is 1.90. The van der Waals surface area contributed by atoms with Crippen LogP contribution in [0.3, 0.4) is 0 Å². The Morgan fingerprint density at radius 2 is 2.09 bits per heavy atom. The molecule has 2 nitrogen and oxygen atoms in total. The first-order valence-electron chi connectivity index (χ1n) is 3.25. The van der Waals surface area contributed by atoms with Crippen LogP contribution in [0, 0.1) is 23.3 Å². The van der Waals surface area contributed by atoms with E-state index in [1.165, 1.54) is 0 Å². The van der Waals surface area contributed by atoms with Gasteiger partial charge in [-0.15, -0.1) is 0 Å². The van der Waals surface area contributed by atoms with Crippen molar-refractivity contribution in [3.63, 3.8) is 0 Å². The maximum Gasteiger partial charge on any atom is 0.0944 e. The molecule has 0 spiro atoms. The van der Waals surface area contributed by atoms with Gasteiger partial charge in [0.05, 0.1) is 6.07 Å². The molecule has 0 aromatic carbocycles. The van der Waals surface area contributed by atoms with Gasteiger partial charge in [-0.1, -0.05) is 5.92 Å². The summed E-state index contributed by atoms with van der Waals surface area (Å²) >= 11 is 0. The van der Waals surface area contributed by atoms with Crippen LogP contribution in [0.5, 0.6) is 0 Å². The topological polar surface area (TPSA) is 36.1 Å². The minimum atomic E-state index is 0.643. The Morgan fingerprint density at radius 3 is 2.55 bits per heavy atom. The van der Waals surface area contributed by atoms with Gasteiger partial charge in [0.15, 0.2) is 0 Å². The molecule has 0 aromatic heterocycles. The van der Waals surface area contributed by atoms with Crippen molar-refractivity contribution in [1.29, 1.82) is 5.26 Å². The van der Waals surface area contributed by atoms with Crippen molar-refractivity contribution < 1.29 is 0 Å². The van der Waals surface area contributed by atoms with E-state index in [4.69, 9.17) is 5.26 Å². The lowest BCUT2D eigenvalue weighted by atomic mass is 10.2. The van der Waals surface area contributed by atoms with Crippen LogP contribution in [0.25, 0.3) is 0 Å². The van der Waals surface area contributed by atoms with Crippen molar-refractivity contribution in [2.24, 2.45) is 4.99 Å². The van der Waals surface area contributed by atoms with E-state index < -0.39 is 0 Å². The Morgan fingerprint density at radius 1 is 1.45 bits per heavy atom. The predicted molar refractivity (Wildman–Crippen MR) is 45.9 cm³/mol. The summed E-state index contributed by atoms with van der Waals surface area (Å²) in [6.45, 7) is 5.27. The number of hydrogen-bond donors (Lipinski definition) is 0. The van der Waals surface area contributed by atoms with Crippen molar-refractivity contribution in [1.82, 2.24) is 0 Å². The molecule has 0 unspecified atom stereocenters. The van der Waals surface area contributed by atoms with E-state index in [-0.39, 0.29) is 0 Å². The van der Waals surface area contributed by atoms with E-state index in [1.807, 2.05) is 13.0 Å². The predicted octanol–water partition coefficient (Wildman–Crippen LogP) is 1.90. The van der Waals surface area contributed by atoms with Crippen molar-refractivity contribution in [3.05, 3.63) is 11.6 Å². The van der Waals surface area contributed by atoms with Crippen molar-refractivity contribution in [2.75, 3.05) is 0 Å². The molecule has 0 aliphatic heterocycles. The molecule has 0 rings (SSSR count). The molecular formula is C9H10N2. The van der Waals surface area contributed by atoms with Crippen LogP contribution >= 0.6 is 0 Å². The molecule has 0 aliphatic carbocycles. The smallest absolute Gasteiger partial charge is 0.0944 e. The van der Waals surface area contributed by atoms with Crippen LogP contribution in [0.2, 0.25) is 0 Å². The fourth-order valence-electron chi connectivity index (χ4n) is 0.522. The Kier molecular flexibility index (Phi) is 4.52. The third kappa shape index (κ3) is 4.93. The molecule has 0 N–H and O–H groups in total. The molecule has 0 atom stereocenters. The molecule has 0 amide bonds. The van der Waals surface area contributed by atoms with E-state index in [1.54, 1.807) is 19.9 Å². The monoisotopic (exact) mass is 146 g/mol. The summed E-state index contributed by atoms with van der Waals surface area (Å²) in [5.41, 5.74) is 1.41. The Hall–Kier alpha value is -1.54. The number of nitriles is 1. The molecule has 2 heteroatoms. The first-order chi connectivity index (χ1) is 5.20. The molecule has 0 saturated heterocycles. The quantitative estimate of drug-likeness (QED) is 0.316. The first-order valence-corrected chi connectivity index (χ1v) is 3.25. The zero-order valence-corrected chi connectivity index (χ0v) is 6.97. The summed E-state index contributed by atoms with van der Waals surface area (Å²) in [6, 6.07) is 4.57. The number of rotatable bonds is 1. The molecule has 0 aromatic rings. The highest BCUT2D eigenvalue weighted by atomic mass is 14.7. The highest BCUT2D eigenvalue weighted by molar-refractivity contribution is 5.94. The molecular weight excluding hydrogens is 136 g/mol. The van der Waals surface area contributed by atoms with Gasteiger partial charge in [0.1, 0.15) is 0 Å². The minimum absolute atomic E-state index is 0.643. The third-order valence-corrected chi connectivity index (χ3v) is 0.946. The maximum atomic E-state index is 8.40. The number of nitrogens with zero attached hydrogens (tertiary/aromatic N) is 2. The molecule has 0 heterocycles. The average Bonchev–Trinajstić information content (AvgIpc) is 2.00. The van der Waals surface area contributed by atoms with Crippen LogP contribution in [-0.4, -0.2) is 5.71 Å². The largest absolute Gasteiger partial charge is 0.203 e. The molecule has 56 valence electrons. The van der Waals surface area contributed by atoms with E-state index >= 15 is 0 Å². The summed E-state index contributed by atoms with van der Waals surface area (Å²) in [6.07, 6.45) is 1.70. The second-order valence-corrected chi connectivity index (χ2v) is 2.05.